The monoisotopic (exact) mass is 342 g/mol. The van der Waals surface area contributed by atoms with Crippen LogP contribution in [0.5, 0.6) is 0 Å². The summed E-state index contributed by atoms with van der Waals surface area (Å²) >= 11 is 0.910. The molecular weight excluding hydrogens is 328 g/mol. The van der Waals surface area contributed by atoms with Crippen molar-refractivity contribution in [2.45, 2.75) is 11.8 Å². The number of carbonyl (C=O) groups is 1. The fourth-order valence-electron chi connectivity index (χ4n) is 1.65. The van der Waals surface area contributed by atoms with Crippen LogP contribution in [-0.4, -0.2) is 43.6 Å². The van der Waals surface area contributed by atoms with Crippen LogP contribution in [0.15, 0.2) is 23.4 Å². The van der Waals surface area contributed by atoms with Gasteiger partial charge in [0.2, 0.25) is 5.95 Å². The van der Waals surface area contributed by atoms with E-state index in [1.807, 2.05) is 0 Å². The Balaban J connectivity index is 2.29. The molecule has 2 rings (SSSR count). The van der Waals surface area contributed by atoms with Crippen LogP contribution in [0, 0.1) is 6.92 Å². The van der Waals surface area contributed by atoms with Crippen LogP contribution in [0.2, 0.25) is 0 Å². The molecule has 0 aliphatic carbocycles. The smallest absolute Gasteiger partial charge is 0.345 e. The van der Waals surface area contributed by atoms with Crippen molar-refractivity contribution < 1.29 is 18.3 Å². The van der Waals surface area contributed by atoms with E-state index in [2.05, 4.69) is 14.7 Å². The number of sulfonamides is 1. The molecule has 0 aliphatic heterocycles. The summed E-state index contributed by atoms with van der Waals surface area (Å²) in [6.07, 6.45) is 2.69. The number of carboxylic acid groups (broad SMARTS) is 1. The highest BCUT2D eigenvalue weighted by molar-refractivity contribution is 7.93. The van der Waals surface area contributed by atoms with E-state index >= 15 is 0 Å². The molecule has 118 valence electrons. The standard InChI is InChI=1S/C12H14N4O4S2/c1-7-10(4-9(21-7)11(17)18)22(19,20)15-8-5-13-12(14-6-8)16(2)3/h4-6,15H,1-3H3,(H,17,18). The van der Waals surface area contributed by atoms with Crippen molar-refractivity contribution >= 4 is 39.0 Å². The van der Waals surface area contributed by atoms with Crippen molar-refractivity contribution in [2.75, 3.05) is 23.7 Å². The van der Waals surface area contributed by atoms with Crippen molar-refractivity contribution in [1.29, 1.82) is 0 Å². The number of aromatic nitrogens is 2. The van der Waals surface area contributed by atoms with Gasteiger partial charge in [-0.3, -0.25) is 4.72 Å². The minimum Gasteiger partial charge on any atom is -0.477 e. The molecule has 0 unspecified atom stereocenters. The molecule has 0 radical (unpaired) electrons. The maximum Gasteiger partial charge on any atom is 0.345 e. The van der Waals surface area contributed by atoms with Gasteiger partial charge in [-0.05, 0) is 13.0 Å². The Kier molecular flexibility index (Phi) is 4.33. The van der Waals surface area contributed by atoms with Crippen molar-refractivity contribution in [3.8, 4) is 0 Å². The van der Waals surface area contributed by atoms with Gasteiger partial charge >= 0.3 is 5.97 Å². The van der Waals surface area contributed by atoms with E-state index in [9.17, 15) is 13.2 Å². The highest BCUT2D eigenvalue weighted by atomic mass is 32.2. The Labute approximate surface area is 131 Å². The molecule has 0 fully saturated rings. The van der Waals surface area contributed by atoms with Gasteiger partial charge in [0, 0.05) is 19.0 Å². The summed E-state index contributed by atoms with van der Waals surface area (Å²) in [4.78, 5) is 20.9. The third-order valence-corrected chi connectivity index (χ3v) is 5.34. The van der Waals surface area contributed by atoms with Crippen LogP contribution in [0.25, 0.3) is 0 Å². The molecule has 0 amide bonds. The second-order valence-corrected chi connectivity index (χ2v) is 7.52. The number of anilines is 2. The van der Waals surface area contributed by atoms with Gasteiger partial charge in [-0.15, -0.1) is 11.3 Å². The molecule has 2 aromatic heterocycles. The second kappa shape index (κ2) is 5.89. The van der Waals surface area contributed by atoms with Gasteiger partial charge in [0.1, 0.15) is 9.77 Å². The predicted molar refractivity (Wildman–Crippen MR) is 83.2 cm³/mol. The Morgan fingerprint density at radius 2 is 1.91 bits per heavy atom. The van der Waals surface area contributed by atoms with Crippen LogP contribution in [0.1, 0.15) is 14.5 Å². The SMILES string of the molecule is Cc1sc(C(=O)O)cc1S(=O)(=O)Nc1cnc(N(C)C)nc1. The molecule has 2 aromatic rings. The lowest BCUT2D eigenvalue weighted by atomic mass is 10.4. The molecule has 0 saturated carbocycles. The normalized spacial score (nSPS) is 11.2. The largest absolute Gasteiger partial charge is 0.477 e. The molecule has 0 bridgehead atoms. The first-order valence-corrected chi connectivity index (χ1v) is 8.36. The molecule has 0 aliphatic rings. The lowest BCUT2D eigenvalue weighted by Crippen LogP contribution is -2.15. The molecule has 0 atom stereocenters. The number of aromatic carboxylic acids is 1. The van der Waals surface area contributed by atoms with Gasteiger partial charge in [-0.1, -0.05) is 0 Å². The fourth-order valence-corrected chi connectivity index (χ4v) is 4.11. The van der Waals surface area contributed by atoms with E-state index in [1.54, 1.807) is 25.9 Å². The Bertz CT molecular complexity index is 797. The summed E-state index contributed by atoms with van der Waals surface area (Å²) in [5.74, 6) is -0.712. The zero-order valence-electron chi connectivity index (χ0n) is 12.1. The average Bonchev–Trinajstić information content (AvgIpc) is 2.82. The molecule has 2 heterocycles. The first kappa shape index (κ1) is 16.2. The van der Waals surface area contributed by atoms with Gasteiger partial charge in [0.15, 0.2) is 0 Å². The van der Waals surface area contributed by atoms with Gasteiger partial charge in [-0.25, -0.2) is 23.2 Å². The Morgan fingerprint density at radius 3 is 2.36 bits per heavy atom. The Hall–Kier alpha value is -2.20. The molecule has 0 saturated heterocycles. The number of rotatable bonds is 5. The van der Waals surface area contributed by atoms with Crippen LogP contribution in [-0.2, 0) is 10.0 Å². The van der Waals surface area contributed by atoms with Crippen molar-refractivity contribution in [1.82, 2.24) is 9.97 Å². The first-order chi connectivity index (χ1) is 10.2. The maximum atomic E-state index is 12.3. The van der Waals surface area contributed by atoms with Crippen molar-refractivity contribution in [3.63, 3.8) is 0 Å². The average molecular weight is 342 g/mol. The quantitative estimate of drug-likeness (QED) is 0.844. The minimum atomic E-state index is -3.89. The molecule has 2 N–H and O–H groups in total. The number of nitrogens with zero attached hydrogens (tertiary/aromatic N) is 3. The summed E-state index contributed by atoms with van der Waals surface area (Å²) in [5.41, 5.74) is 0.202. The van der Waals surface area contributed by atoms with Gasteiger partial charge in [0.05, 0.1) is 18.1 Å². The Morgan fingerprint density at radius 1 is 1.32 bits per heavy atom. The van der Waals surface area contributed by atoms with Crippen molar-refractivity contribution in [3.05, 3.63) is 28.2 Å². The van der Waals surface area contributed by atoms with E-state index < -0.39 is 16.0 Å². The lowest BCUT2D eigenvalue weighted by Gasteiger charge is -2.11. The zero-order chi connectivity index (χ0) is 16.5. The zero-order valence-corrected chi connectivity index (χ0v) is 13.7. The minimum absolute atomic E-state index is 0.0305. The van der Waals surface area contributed by atoms with E-state index in [-0.39, 0.29) is 15.5 Å². The molecular formula is C12H14N4O4S2. The van der Waals surface area contributed by atoms with E-state index in [4.69, 9.17) is 5.11 Å². The van der Waals surface area contributed by atoms with E-state index in [0.29, 0.717) is 10.8 Å². The summed E-state index contributed by atoms with van der Waals surface area (Å²) in [6.45, 7) is 1.55. The molecule has 0 spiro atoms. The lowest BCUT2D eigenvalue weighted by molar-refractivity contribution is 0.0702. The van der Waals surface area contributed by atoms with Crippen LogP contribution in [0.4, 0.5) is 11.6 Å². The second-order valence-electron chi connectivity index (χ2n) is 4.61. The van der Waals surface area contributed by atoms with Gasteiger partial charge < -0.3 is 10.0 Å². The highest BCUT2D eigenvalue weighted by Gasteiger charge is 2.22. The van der Waals surface area contributed by atoms with Gasteiger partial charge in [0.25, 0.3) is 10.0 Å². The highest BCUT2D eigenvalue weighted by Crippen LogP contribution is 2.27. The molecule has 0 aromatic carbocycles. The summed E-state index contributed by atoms with van der Waals surface area (Å²) in [7, 11) is -0.356. The van der Waals surface area contributed by atoms with Gasteiger partial charge in [-0.2, -0.15) is 0 Å². The van der Waals surface area contributed by atoms with Crippen LogP contribution in [0.3, 0.4) is 0 Å². The van der Waals surface area contributed by atoms with Crippen LogP contribution < -0.4 is 9.62 Å². The van der Waals surface area contributed by atoms with E-state index in [1.165, 1.54) is 12.4 Å². The molecule has 8 nitrogen and oxygen atoms in total. The number of hydrogen-bond donors (Lipinski definition) is 2. The van der Waals surface area contributed by atoms with Crippen molar-refractivity contribution in [2.24, 2.45) is 0 Å². The number of hydrogen-bond acceptors (Lipinski definition) is 7. The summed E-state index contributed by atoms with van der Waals surface area (Å²) < 4.78 is 27.0. The van der Waals surface area contributed by atoms with Crippen LogP contribution >= 0.6 is 11.3 Å². The third kappa shape index (κ3) is 3.34. The number of carboxylic acids is 1. The number of thiophene rings is 1. The number of nitrogens with one attached hydrogen (secondary N) is 1. The topological polar surface area (TPSA) is 112 Å². The van der Waals surface area contributed by atoms with E-state index in [0.717, 1.165) is 17.4 Å². The maximum absolute atomic E-state index is 12.3. The third-order valence-electron chi connectivity index (χ3n) is 2.66. The summed E-state index contributed by atoms with van der Waals surface area (Å²) in [6, 6.07) is 1.14. The fraction of sp³-hybridized carbons (Fsp3) is 0.250. The predicted octanol–water partition coefficient (Wildman–Crippen LogP) is 1.41. The summed E-state index contributed by atoms with van der Waals surface area (Å²) in [5, 5.41) is 8.93. The first-order valence-electron chi connectivity index (χ1n) is 6.06. The number of aryl methyl sites for hydroxylation is 1. The molecule has 10 heteroatoms. The molecule has 22 heavy (non-hydrogen) atoms.